The monoisotopic (exact) mass is 284 g/mol. The van der Waals surface area contributed by atoms with Crippen molar-refractivity contribution in [3.8, 4) is 0 Å². The van der Waals surface area contributed by atoms with E-state index in [9.17, 15) is 4.79 Å². The molecule has 0 aliphatic carbocycles. The SMILES string of the molecule is CCCOC(=O)c1ccc(NC(C)c2cccnc2)cc1. The number of carbonyl (C=O) groups excluding carboxylic acids is 1. The summed E-state index contributed by atoms with van der Waals surface area (Å²) in [6.07, 6.45) is 4.43. The van der Waals surface area contributed by atoms with E-state index in [4.69, 9.17) is 4.74 Å². The Morgan fingerprint density at radius 2 is 2.05 bits per heavy atom. The molecule has 1 N–H and O–H groups in total. The Balaban J connectivity index is 1.98. The number of nitrogens with one attached hydrogen (secondary N) is 1. The lowest BCUT2D eigenvalue weighted by atomic mass is 10.1. The van der Waals surface area contributed by atoms with E-state index in [2.05, 4.69) is 17.2 Å². The first-order valence-corrected chi connectivity index (χ1v) is 7.14. The Bertz CT molecular complexity index is 567. The number of aromatic nitrogens is 1. The predicted molar refractivity (Wildman–Crippen MR) is 83.3 cm³/mol. The van der Waals surface area contributed by atoms with Gasteiger partial charge in [0.05, 0.1) is 18.2 Å². The van der Waals surface area contributed by atoms with Gasteiger partial charge in [-0.1, -0.05) is 13.0 Å². The lowest BCUT2D eigenvalue weighted by Crippen LogP contribution is -2.08. The fraction of sp³-hybridized carbons (Fsp3) is 0.294. The van der Waals surface area contributed by atoms with Crippen molar-refractivity contribution in [2.24, 2.45) is 0 Å². The van der Waals surface area contributed by atoms with E-state index in [0.717, 1.165) is 17.7 Å². The smallest absolute Gasteiger partial charge is 0.338 e. The molecule has 2 rings (SSSR count). The minimum absolute atomic E-state index is 0.150. The van der Waals surface area contributed by atoms with Gasteiger partial charge in [0, 0.05) is 18.1 Å². The molecular weight excluding hydrogens is 264 g/mol. The third kappa shape index (κ3) is 4.31. The van der Waals surface area contributed by atoms with Gasteiger partial charge in [0.15, 0.2) is 0 Å². The normalized spacial score (nSPS) is 11.7. The van der Waals surface area contributed by atoms with Gasteiger partial charge in [-0.3, -0.25) is 4.98 Å². The summed E-state index contributed by atoms with van der Waals surface area (Å²) < 4.78 is 5.10. The molecule has 0 fully saturated rings. The van der Waals surface area contributed by atoms with Gasteiger partial charge in [-0.05, 0) is 49.2 Å². The molecule has 0 aliphatic heterocycles. The summed E-state index contributed by atoms with van der Waals surface area (Å²) in [5, 5.41) is 3.38. The summed E-state index contributed by atoms with van der Waals surface area (Å²) in [5.74, 6) is -0.274. The average Bonchev–Trinajstić information content (AvgIpc) is 2.54. The lowest BCUT2D eigenvalue weighted by Gasteiger charge is -2.15. The van der Waals surface area contributed by atoms with Crippen molar-refractivity contribution in [2.75, 3.05) is 11.9 Å². The van der Waals surface area contributed by atoms with Crippen molar-refractivity contribution in [3.05, 3.63) is 59.9 Å². The van der Waals surface area contributed by atoms with Gasteiger partial charge in [-0.15, -0.1) is 0 Å². The van der Waals surface area contributed by atoms with E-state index in [1.807, 2.05) is 37.4 Å². The van der Waals surface area contributed by atoms with E-state index in [1.54, 1.807) is 18.3 Å². The highest BCUT2D eigenvalue weighted by Crippen LogP contribution is 2.19. The fourth-order valence-corrected chi connectivity index (χ4v) is 1.95. The van der Waals surface area contributed by atoms with Crippen LogP contribution in [-0.4, -0.2) is 17.6 Å². The van der Waals surface area contributed by atoms with Crippen LogP contribution in [0.3, 0.4) is 0 Å². The van der Waals surface area contributed by atoms with Crippen LogP contribution in [0.25, 0.3) is 0 Å². The highest BCUT2D eigenvalue weighted by atomic mass is 16.5. The molecule has 110 valence electrons. The molecular formula is C17H20N2O2. The highest BCUT2D eigenvalue weighted by Gasteiger charge is 2.08. The maximum absolute atomic E-state index is 11.7. The Morgan fingerprint density at radius 1 is 1.29 bits per heavy atom. The van der Waals surface area contributed by atoms with Crippen molar-refractivity contribution < 1.29 is 9.53 Å². The Morgan fingerprint density at radius 3 is 2.67 bits per heavy atom. The van der Waals surface area contributed by atoms with Crippen LogP contribution < -0.4 is 5.32 Å². The third-order valence-corrected chi connectivity index (χ3v) is 3.13. The Hall–Kier alpha value is -2.36. The lowest BCUT2D eigenvalue weighted by molar-refractivity contribution is 0.0505. The molecule has 1 aromatic heterocycles. The maximum Gasteiger partial charge on any atom is 0.338 e. The number of hydrogen-bond donors (Lipinski definition) is 1. The molecule has 0 spiro atoms. The standard InChI is InChI=1S/C17H20N2O2/c1-3-11-21-17(20)14-6-8-16(9-7-14)19-13(2)15-5-4-10-18-12-15/h4-10,12-13,19H,3,11H2,1-2H3. The molecule has 0 saturated heterocycles. The molecule has 1 heterocycles. The van der Waals surface area contributed by atoms with Gasteiger partial charge in [0.2, 0.25) is 0 Å². The number of anilines is 1. The first-order chi connectivity index (χ1) is 10.2. The van der Waals surface area contributed by atoms with Crippen LogP contribution in [0.5, 0.6) is 0 Å². The van der Waals surface area contributed by atoms with Gasteiger partial charge < -0.3 is 10.1 Å². The Labute approximate surface area is 125 Å². The van der Waals surface area contributed by atoms with Crippen molar-refractivity contribution in [3.63, 3.8) is 0 Å². The first-order valence-electron chi connectivity index (χ1n) is 7.14. The van der Waals surface area contributed by atoms with Crippen LogP contribution in [0, 0.1) is 0 Å². The second-order valence-electron chi connectivity index (χ2n) is 4.87. The number of esters is 1. The predicted octanol–water partition coefficient (Wildman–Crippen LogP) is 3.82. The summed E-state index contributed by atoms with van der Waals surface area (Å²) in [6, 6.07) is 11.4. The number of carbonyl (C=O) groups is 1. The largest absolute Gasteiger partial charge is 0.462 e. The van der Waals surface area contributed by atoms with Crippen LogP contribution in [0.1, 0.15) is 42.2 Å². The molecule has 4 heteroatoms. The molecule has 1 unspecified atom stereocenters. The molecule has 1 atom stereocenters. The van der Waals surface area contributed by atoms with Gasteiger partial charge in [-0.2, -0.15) is 0 Å². The summed E-state index contributed by atoms with van der Waals surface area (Å²) >= 11 is 0. The summed E-state index contributed by atoms with van der Waals surface area (Å²) in [6.45, 7) is 4.50. The summed E-state index contributed by atoms with van der Waals surface area (Å²) in [4.78, 5) is 15.8. The number of benzene rings is 1. The zero-order valence-corrected chi connectivity index (χ0v) is 12.4. The number of nitrogens with zero attached hydrogens (tertiary/aromatic N) is 1. The van der Waals surface area contributed by atoms with Crippen LogP contribution in [0.4, 0.5) is 5.69 Å². The number of ether oxygens (including phenoxy) is 1. The zero-order valence-electron chi connectivity index (χ0n) is 12.4. The van der Waals surface area contributed by atoms with Crippen molar-refractivity contribution in [1.82, 2.24) is 4.98 Å². The van der Waals surface area contributed by atoms with Gasteiger partial charge in [0.25, 0.3) is 0 Å². The Kier molecular flexibility index (Phi) is 5.32. The van der Waals surface area contributed by atoms with Crippen molar-refractivity contribution in [1.29, 1.82) is 0 Å². The summed E-state index contributed by atoms with van der Waals surface area (Å²) in [5.41, 5.74) is 2.64. The molecule has 0 aliphatic rings. The van der Waals surface area contributed by atoms with Crippen LogP contribution in [0.15, 0.2) is 48.8 Å². The van der Waals surface area contributed by atoms with Gasteiger partial charge >= 0.3 is 5.97 Å². The van der Waals surface area contributed by atoms with Crippen LogP contribution >= 0.6 is 0 Å². The molecule has 0 amide bonds. The van der Waals surface area contributed by atoms with Crippen LogP contribution in [0.2, 0.25) is 0 Å². The van der Waals surface area contributed by atoms with Crippen LogP contribution in [-0.2, 0) is 4.74 Å². The summed E-state index contributed by atoms with van der Waals surface area (Å²) in [7, 11) is 0. The third-order valence-electron chi connectivity index (χ3n) is 3.13. The molecule has 21 heavy (non-hydrogen) atoms. The van der Waals surface area contributed by atoms with Gasteiger partial charge in [0.1, 0.15) is 0 Å². The topological polar surface area (TPSA) is 51.2 Å². The molecule has 2 aromatic rings. The second kappa shape index (κ2) is 7.43. The maximum atomic E-state index is 11.7. The zero-order chi connectivity index (χ0) is 15.1. The number of pyridine rings is 1. The molecule has 0 radical (unpaired) electrons. The van der Waals surface area contributed by atoms with E-state index < -0.39 is 0 Å². The van der Waals surface area contributed by atoms with E-state index >= 15 is 0 Å². The molecule has 1 aromatic carbocycles. The quantitative estimate of drug-likeness (QED) is 0.819. The molecule has 0 bridgehead atoms. The van der Waals surface area contributed by atoms with E-state index in [-0.39, 0.29) is 12.0 Å². The fourth-order valence-electron chi connectivity index (χ4n) is 1.95. The van der Waals surface area contributed by atoms with Crippen molar-refractivity contribution in [2.45, 2.75) is 26.3 Å². The molecule has 0 saturated carbocycles. The number of rotatable bonds is 6. The molecule has 4 nitrogen and oxygen atoms in total. The highest BCUT2D eigenvalue weighted by molar-refractivity contribution is 5.89. The minimum Gasteiger partial charge on any atom is -0.462 e. The minimum atomic E-state index is -0.274. The number of hydrogen-bond acceptors (Lipinski definition) is 4. The van der Waals surface area contributed by atoms with E-state index in [0.29, 0.717) is 12.2 Å². The second-order valence-corrected chi connectivity index (χ2v) is 4.87. The average molecular weight is 284 g/mol. The first kappa shape index (κ1) is 15.0. The van der Waals surface area contributed by atoms with Gasteiger partial charge in [-0.25, -0.2) is 4.79 Å². The van der Waals surface area contributed by atoms with E-state index in [1.165, 1.54) is 0 Å². The van der Waals surface area contributed by atoms with Crippen molar-refractivity contribution >= 4 is 11.7 Å².